The summed E-state index contributed by atoms with van der Waals surface area (Å²) in [6, 6.07) is 16.7. The van der Waals surface area contributed by atoms with Crippen molar-refractivity contribution >= 4 is 39.4 Å². The average Bonchev–Trinajstić information content (AvgIpc) is 2.79. The average molecular weight is 443 g/mol. The van der Waals surface area contributed by atoms with Crippen LogP contribution in [0.4, 0.5) is 5.82 Å². The maximum absolute atomic E-state index is 13.6. The smallest absolute Gasteiger partial charge is 0.264 e. The number of halogens is 1. The lowest BCUT2D eigenvalue weighted by Crippen LogP contribution is -2.26. The molecule has 5 rings (SSSR count). The predicted octanol–water partition coefficient (Wildman–Crippen LogP) is 4.86. The number of hydrogen-bond acceptors (Lipinski definition) is 6. The third kappa shape index (κ3) is 3.46. The number of aromatic nitrogens is 5. The van der Waals surface area contributed by atoms with Gasteiger partial charge in [-0.15, -0.1) is 0 Å². The zero-order valence-corrected chi connectivity index (χ0v) is 18.2. The summed E-state index contributed by atoms with van der Waals surface area (Å²) in [5.74, 6) is 1.14. The number of benzene rings is 2. The van der Waals surface area contributed by atoms with Gasteiger partial charge in [-0.05, 0) is 43.5 Å². The highest BCUT2D eigenvalue weighted by molar-refractivity contribution is 6.35. The molecule has 0 saturated heterocycles. The number of rotatable bonds is 4. The minimum absolute atomic E-state index is 0.175. The van der Waals surface area contributed by atoms with Crippen molar-refractivity contribution in [1.29, 1.82) is 0 Å². The molecule has 3 heterocycles. The number of nitrogens with one attached hydrogen (secondary N) is 1. The van der Waals surface area contributed by atoms with E-state index in [1.165, 1.54) is 0 Å². The van der Waals surface area contributed by atoms with Crippen LogP contribution >= 0.6 is 11.6 Å². The van der Waals surface area contributed by atoms with Crippen molar-refractivity contribution in [2.75, 3.05) is 5.32 Å². The zero-order valence-electron chi connectivity index (χ0n) is 17.5. The number of nitrogens with zero attached hydrogens (tertiary/aromatic N) is 5. The van der Waals surface area contributed by atoms with E-state index in [4.69, 9.17) is 11.6 Å². The summed E-state index contributed by atoms with van der Waals surface area (Å²) in [5, 5.41) is 5.11. The quantitative estimate of drug-likeness (QED) is 0.428. The summed E-state index contributed by atoms with van der Waals surface area (Å²) in [7, 11) is 0. The first kappa shape index (κ1) is 20.1. The molecule has 0 saturated carbocycles. The molecule has 32 heavy (non-hydrogen) atoms. The molecule has 1 N–H and O–H groups in total. The van der Waals surface area contributed by atoms with Crippen LogP contribution in [0.3, 0.4) is 0 Å². The van der Waals surface area contributed by atoms with Gasteiger partial charge in [0.25, 0.3) is 5.56 Å². The third-order valence-corrected chi connectivity index (χ3v) is 5.60. The SMILES string of the molecule is Cc1nc(N[C@@H](C)c2cc3cccc(Cl)c3c(=O)n2-c2ccccc2)c2nccnc2n1. The second-order valence-corrected chi connectivity index (χ2v) is 7.87. The van der Waals surface area contributed by atoms with Crippen molar-refractivity contribution in [3.63, 3.8) is 0 Å². The summed E-state index contributed by atoms with van der Waals surface area (Å²) in [5.41, 5.74) is 2.44. The van der Waals surface area contributed by atoms with Gasteiger partial charge in [0, 0.05) is 23.8 Å². The van der Waals surface area contributed by atoms with Crippen LogP contribution in [0.15, 0.2) is 71.8 Å². The van der Waals surface area contributed by atoms with Gasteiger partial charge in [0.05, 0.1) is 16.5 Å². The number of fused-ring (bicyclic) bond motifs is 2. The molecule has 0 unspecified atom stereocenters. The van der Waals surface area contributed by atoms with E-state index in [9.17, 15) is 4.79 Å². The second kappa shape index (κ2) is 8.01. The van der Waals surface area contributed by atoms with E-state index in [0.717, 1.165) is 16.8 Å². The van der Waals surface area contributed by atoms with E-state index >= 15 is 0 Å². The van der Waals surface area contributed by atoms with E-state index in [1.54, 1.807) is 23.0 Å². The lowest BCUT2D eigenvalue weighted by Gasteiger charge is -2.22. The Morgan fingerprint density at radius 3 is 2.59 bits per heavy atom. The molecule has 0 radical (unpaired) electrons. The normalized spacial score (nSPS) is 12.2. The first-order chi connectivity index (χ1) is 15.5. The highest BCUT2D eigenvalue weighted by Gasteiger charge is 2.19. The van der Waals surface area contributed by atoms with E-state index in [-0.39, 0.29) is 11.6 Å². The predicted molar refractivity (Wildman–Crippen MR) is 126 cm³/mol. The van der Waals surface area contributed by atoms with Crippen LogP contribution in [-0.4, -0.2) is 24.5 Å². The molecular formula is C24H19ClN6O. The van der Waals surface area contributed by atoms with E-state index in [0.29, 0.717) is 33.2 Å². The van der Waals surface area contributed by atoms with Crippen LogP contribution in [0, 0.1) is 6.92 Å². The summed E-state index contributed by atoms with van der Waals surface area (Å²) >= 11 is 6.41. The van der Waals surface area contributed by atoms with Gasteiger partial charge in [0.2, 0.25) is 0 Å². The van der Waals surface area contributed by atoms with Gasteiger partial charge in [0.1, 0.15) is 11.3 Å². The maximum Gasteiger partial charge on any atom is 0.264 e. The Bertz CT molecular complexity index is 1520. The number of pyridine rings is 1. The first-order valence-corrected chi connectivity index (χ1v) is 10.5. The Morgan fingerprint density at radius 2 is 1.78 bits per heavy atom. The molecule has 7 nitrogen and oxygen atoms in total. The van der Waals surface area contributed by atoms with Crippen LogP contribution in [0.5, 0.6) is 0 Å². The van der Waals surface area contributed by atoms with Gasteiger partial charge >= 0.3 is 0 Å². The standard InChI is InChI=1S/C24H19ClN6O/c1-14(28-23-21-22(27-12-11-26-21)29-15(2)30-23)19-13-16-7-6-10-18(25)20(16)24(32)31(19)17-8-4-3-5-9-17/h3-14H,1-2H3,(H,27,28,29,30)/t14-/m0/s1. The van der Waals surface area contributed by atoms with Gasteiger partial charge < -0.3 is 5.32 Å². The summed E-state index contributed by atoms with van der Waals surface area (Å²) in [6.07, 6.45) is 3.21. The monoisotopic (exact) mass is 442 g/mol. The highest BCUT2D eigenvalue weighted by Crippen LogP contribution is 2.28. The molecule has 0 aliphatic heterocycles. The lowest BCUT2D eigenvalue weighted by atomic mass is 10.1. The Labute approximate surface area is 188 Å². The first-order valence-electron chi connectivity index (χ1n) is 10.1. The van der Waals surface area contributed by atoms with E-state index in [2.05, 4.69) is 25.3 Å². The molecule has 0 spiro atoms. The summed E-state index contributed by atoms with van der Waals surface area (Å²) < 4.78 is 1.69. The van der Waals surface area contributed by atoms with E-state index < -0.39 is 0 Å². The summed E-state index contributed by atoms with van der Waals surface area (Å²) in [6.45, 7) is 3.78. The molecule has 0 bridgehead atoms. The Kier molecular flexibility index (Phi) is 5.03. The van der Waals surface area contributed by atoms with Crippen molar-refractivity contribution in [2.24, 2.45) is 0 Å². The van der Waals surface area contributed by atoms with Crippen LogP contribution in [0.25, 0.3) is 27.6 Å². The zero-order chi connectivity index (χ0) is 22.2. The van der Waals surface area contributed by atoms with Gasteiger partial charge in [-0.2, -0.15) is 0 Å². The second-order valence-electron chi connectivity index (χ2n) is 7.46. The number of para-hydroxylation sites is 1. The molecule has 1 atom stereocenters. The Morgan fingerprint density at radius 1 is 1.00 bits per heavy atom. The van der Waals surface area contributed by atoms with Gasteiger partial charge in [-0.25, -0.2) is 19.9 Å². The highest BCUT2D eigenvalue weighted by atomic mass is 35.5. The summed E-state index contributed by atoms with van der Waals surface area (Å²) in [4.78, 5) is 31.2. The van der Waals surface area contributed by atoms with Gasteiger partial charge in [-0.1, -0.05) is 41.9 Å². The lowest BCUT2D eigenvalue weighted by molar-refractivity contribution is 0.772. The Hall–Kier alpha value is -3.84. The van der Waals surface area contributed by atoms with E-state index in [1.807, 2.05) is 62.4 Å². The molecule has 158 valence electrons. The van der Waals surface area contributed by atoms with Crippen LogP contribution in [-0.2, 0) is 0 Å². The molecule has 0 aliphatic rings. The van der Waals surface area contributed by atoms with Crippen molar-refractivity contribution < 1.29 is 0 Å². The molecule has 0 fully saturated rings. The van der Waals surface area contributed by atoms with Crippen molar-refractivity contribution in [3.8, 4) is 5.69 Å². The van der Waals surface area contributed by atoms with Crippen LogP contribution < -0.4 is 10.9 Å². The van der Waals surface area contributed by atoms with Crippen molar-refractivity contribution in [1.82, 2.24) is 24.5 Å². The molecule has 8 heteroatoms. The number of aryl methyl sites for hydroxylation is 1. The molecule has 3 aromatic heterocycles. The van der Waals surface area contributed by atoms with Crippen LogP contribution in [0.2, 0.25) is 5.02 Å². The number of anilines is 1. The largest absolute Gasteiger partial charge is 0.360 e. The third-order valence-electron chi connectivity index (χ3n) is 5.28. The molecule has 0 amide bonds. The number of hydrogen-bond donors (Lipinski definition) is 1. The molecular weight excluding hydrogens is 424 g/mol. The maximum atomic E-state index is 13.6. The van der Waals surface area contributed by atoms with Gasteiger partial charge in [0.15, 0.2) is 11.5 Å². The fourth-order valence-electron chi connectivity index (χ4n) is 3.85. The fraction of sp³-hybridized carbons (Fsp3) is 0.125. The van der Waals surface area contributed by atoms with Gasteiger partial charge in [-0.3, -0.25) is 9.36 Å². The van der Waals surface area contributed by atoms with Crippen LogP contribution in [0.1, 0.15) is 24.5 Å². The topological polar surface area (TPSA) is 85.6 Å². The minimum atomic E-state index is -0.286. The molecule has 0 aliphatic carbocycles. The molecule has 2 aromatic carbocycles. The molecule has 5 aromatic rings. The fourth-order valence-corrected chi connectivity index (χ4v) is 4.12. The Balaban J connectivity index is 1.71. The minimum Gasteiger partial charge on any atom is -0.360 e. The van der Waals surface area contributed by atoms with Crippen molar-refractivity contribution in [3.05, 3.63) is 93.9 Å². The van der Waals surface area contributed by atoms with Crippen molar-refractivity contribution in [2.45, 2.75) is 19.9 Å².